The molecule has 3 nitrogen and oxygen atoms in total. The van der Waals surface area contributed by atoms with Crippen LogP contribution in [0.15, 0.2) is 0 Å². The Morgan fingerprint density at radius 2 is 2.21 bits per heavy atom. The Morgan fingerprint density at radius 3 is 2.84 bits per heavy atom. The van der Waals surface area contributed by atoms with Crippen molar-refractivity contribution in [2.24, 2.45) is 5.92 Å². The van der Waals surface area contributed by atoms with Crippen molar-refractivity contribution in [2.45, 2.75) is 71.4 Å². The second-order valence-electron chi connectivity index (χ2n) is 5.79. The third-order valence-electron chi connectivity index (χ3n) is 4.13. The molecule has 3 atom stereocenters. The molecule has 0 amide bonds. The first-order valence-corrected chi connectivity index (χ1v) is 8.20. The van der Waals surface area contributed by atoms with Crippen molar-refractivity contribution < 1.29 is 9.47 Å². The van der Waals surface area contributed by atoms with Crippen molar-refractivity contribution in [2.75, 3.05) is 26.4 Å². The molecule has 19 heavy (non-hydrogen) atoms. The second-order valence-corrected chi connectivity index (χ2v) is 5.79. The van der Waals surface area contributed by atoms with Gasteiger partial charge in [0.1, 0.15) is 0 Å². The summed E-state index contributed by atoms with van der Waals surface area (Å²) in [4.78, 5) is 0. The minimum absolute atomic E-state index is 0.410. The largest absolute Gasteiger partial charge is 0.380 e. The van der Waals surface area contributed by atoms with Gasteiger partial charge in [-0.05, 0) is 32.1 Å². The predicted molar refractivity (Wildman–Crippen MR) is 80.6 cm³/mol. The number of unbranched alkanes of at least 4 members (excludes halogenated alkanes) is 1. The monoisotopic (exact) mass is 271 g/mol. The van der Waals surface area contributed by atoms with E-state index in [1.807, 2.05) is 0 Å². The highest BCUT2D eigenvalue weighted by Gasteiger charge is 2.21. The fourth-order valence-electron chi connectivity index (χ4n) is 2.64. The summed E-state index contributed by atoms with van der Waals surface area (Å²) in [5.74, 6) is 0.746. The molecule has 1 rings (SSSR count). The standard InChI is InChI=1S/C16H33NO2/c1-4-6-8-15(5-2)13-18-12-10-17-14(3)16-9-7-11-19-16/h14-17H,4-13H2,1-3H3. The Hall–Kier alpha value is -0.120. The van der Waals surface area contributed by atoms with Crippen LogP contribution in [0.2, 0.25) is 0 Å². The van der Waals surface area contributed by atoms with Crippen LogP contribution in [0, 0.1) is 5.92 Å². The van der Waals surface area contributed by atoms with Crippen LogP contribution < -0.4 is 5.32 Å². The van der Waals surface area contributed by atoms with Crippen LogP contribution in [0.3, 0.4) is 0 Å². The summed E-state index contributed by atoms with van der Waals surface area (Å²) < 4.78 is 11.5. The average molecular weight is 271 g/mol. The molecule has 1 aliphatic rings. The highest BCUT2D eigenvalue weighted by Crippen LogP contribution is 2.15. The smallest absolute Gasteiger partial charge is 0.0726 e. The lowest BCUT2D eigenvalue weighted by molar-refractivity contribution is 0.0699. The number of hydrogen-bond donors (Lipinski definition) is 1. The second kappa shape index (κ2) is 10.6. The highest BCUT2D eigenvalue weighted by molar-refractivity contribution is 4.76. The summed E-state index contributed by atoms with van der Waals surface area (Å²) in [5.41, 5.74) is 0. The molecule has 1 saturated heterocycles. The maximum absolute atomic E-state index is 5.79. The van der Waals surface area contributed by atoms with E-state index < -0.39 is 0 Å². The van der Waals surface area contributed by atoms with Gasteiger partial charge in [0.2, 0.25) is 0 Å². The number of rotatable bonds is 11. The van der Waals surface area contributed by atoms with E-state index >= 15 is 0 Å². The van der Waals surface area contributed by atoms with E-state index in [1.165, 1.54) is 38.5 Å². The minimum Gasteiger partial charge on any atom is -0.380 e. The van der Waals surface area contributed by atoms with Gasteiger partial charge in [-0.2, -0.15) is 0 Å². The van der Waals surface area contributed by atoms with Gasteiger partial charge in [0, 0.05) is 25.8 Å². The van der Waals surface area contributed by atoms with Crippen molar-refractivity contribution in [3.8, 4) is 0 Å². The van der Waals surface area contributed by atoms with Gasteiger partial charge in [-0.25, -0.2) is 0 Å². The topological polar surface area (TPSA) is 30.5 Å². The normalized spacial score (nSPS) is 22.6. The van der Waals surface area contributed by atoms with Crippen LogP contribution in [0.25, 0.3) is 0 Å². The number of hydrogen-bond acceptors (Lipinski definition) is 3. The van der Waals surface area contributed by atoms with Gasteiger partial charge in [-0.3, -0.25) is 0 Å². The van der Waals surface area contributed by atoms with Gasteiger partial charge in [-0.15, -0.1) is 0 Å². The van der Waals surface area contributed by atoms with Crippen LogP contribution in [-0.4, -0.2) is 38.5 Å². The molecular formula is C16H33NO2. The lowest BCUT2D eigenvalue weighted by Gasteiger charge is -2.20. The zero-order chi connectivity index (χ0) is 13.9. The molecule has 0 aromatic rings. The zero-order valence-electron chi connectivity index (χ0n) is 13.1. The molecule has 0 bridgehead atoms. The summed E-state index contributed by atoms with van der Waals surface area (Å²) in [6, 6.07) is 0.452. The first kappa shape index (κ1) is 16.9. The lowest BCUT2D eigenvalue weighted by atomic mass is 10.0. The summed E-state index contributed by atoms with van der Waals surface area (Å²) >= 11 is 0. The van der Waals surface area contributed by atoms with Gasteiger partial charge in [0.05, 0.1) is 12.7 Å². The summed E-state index contributed by atoms with van der Waals surface area (Å²) in [6.45, 7) is 10.3. The van der Waals surface area contributed by atoms with Gasteiger partial charge in [0.25, 0.3) is 0 Å². The molecule has 114 valence electrons. The average Bonchev–Trinajstić information content (AvgIpc) is 2.95. The molecule has 0 saturated carbocycles. The molecular weight excluding hydrogens is 238 g/mol. The van der Waals surface area contributed by atoms with Crippen LogP contribution in [-0.2, 0) is 9.47 Å². The van der Waals surface area contributed by atoms with E-state index in [9.17, 15) is 0 Å². The van der Waals surface area contributed by atoms with Crippen molar-refractivity contribution in [3.05, 3.63) is 0 Å². The predicted octanol–water partition coefficient (Wildman–Crippen LogP) is 3.38. The molecule has 1 N–H and O–H groups in total. The van der Waals surface area contributed by atoms with E-state index in [4.69, 9.17) is 9.47 Å². The quantitative estimate of drug-likeness (QED) is 0.584. The Labute approximate surface area is 119 Å². The molecule has 0 spiro atoms. The highest BCUT2D eigenvalue weighted by atomic mass is 16.5. The van der Waals surface area contributed by atoms with Crippen LogP contribution in [0.4, 0.5) is 0 Å². The van der Waals surface area contributed by atoms with Crippen molar-refractivity contribution in [1.29, 1.82) is 0 Å². The lowest BCUT2D eigenvalue weighted by Crippen LogP contribution is -2.38. The Morgan fingerprint density at radius 1 is 1.37 bits per heavy atom. The summed E-state index contributed by atoms with van der Waals surface area (Å²) in [5, 5.41) is 3.51. The van der Waals surface area contributed by atoms with E-state index in [2.05, 4.69) is 26.1 Å². The molecule has 0 aromatic carbocycles. The summed E-state index contributed by atoms with van der Waals surface area (Å²) in [6.07, 6.45) is 7.99. The third-order valence-corrected chi connectivity index (χ3v) is 4.13. The first-order chi connectivity index (χ1) is 9.27. The van der Waals surface area contributed by atoms with E-state index in [0.717, 1.165) is 32.3 Å². The Balaban J connectivity index is 1.97. The maximum atomic E-state index is 5.79. The number of nitrogens with one attached hydrogen (secondary N) is 1. The van der Waals surface area contributed by atoms with Gasteiger partial charge < -0.3 is 14.8 Å². The minimum atomic E-state index is 0.410. The molecule has 0 radical (unpaired) electrons. The van der Waals surface area contributed by atoms with E-state index in [1.54, 1.807) is 0 Å². The summed E-state index contributed by atoms with van der Waals surface area (Å²) in [7, 11) is 0. The molecule has 1 heterocycles. The van der Waals surface area contributed by atoms with Gasteiger partial charge in [-0.1, -0.05) is 33.1 Å². The Kier molecular flexibility index (Phi) is 9.48. The van der Waals surface area contributed by atoms with Crippen molar-refractivity contribution in [1.82, 2.24) is 5.32 Å². The Bertz CT molecular complexity index is 205. The third kappa shape index (κ3) is 7.28. The molecule has 1 aliphatic heterocycles. The molecule has 0 aliphatic carbocycles. The fraction of sp³-hybridized carbons (Fsp3) is 1.00. The molecule has 0 aromatic heterocycles. The number of ether oxygens (including phenoxy) is 2. The van der Waals surface area contributed by atoms with Crippen molar-refractivity contribution >= 4 is 0 Å². The van der Waals surface area contributed by atoms with E-state index in [-0.39, 0.29) is 0 Å². The van der Waals surface area contributed by atoms with Crippen LogP contribution >= 0.6 is 0 Å². The fourth-order valence-corrected chi connectivity index (χ4v) is 2.64. The van der Waals surface area contributed by atoms with Crippen LogP contribution in [0.5, 0.6) is 0 Å². The molecule has 1 fully saturated rings. The maximum Gasteiger partial charge on any atom is 0.0726 e. The van der Waals surface area contributed by atoms with Gasteiger partial charge in [0.15, 0.2) is 0 Å². The molecule has 3 unspecified atom stereocenters. The van der Waals surface area contributed by atoms with Gasteiger partial charge >= 0.3 is 0 Å². The SMILES string of the molecule is CCCCC(CC)COCCNC(C)C1CCCO1. The zero-order valence-corrected chi connectivity index (χ0v) is 13.1. The van der Waals surface area contributed by atoms with Crippen molar-refractivity contribution in [3.63, 3.8) is 0 Å². The first-order valence-electron chi connectivity index (χ1n) is 8.20. The molecule has 3 heteroatoms. The van der Waals surface area contributed by atoms with E-state index in [0.29, 0.717) is 12.1 Å². The van der Waals surface area contributed by atoms with Crippen LogP contribution in [0.1, 0.15) is 59.3 Å².